The van der Waals surface area contributed by atoms with Gasteiger partial charge < -0.3 is 9.52 Å². The smallest absolute Gasteiger partial charge is 0.120 e. The molecule has 1 aliphatic rings. The van der Waals surface area contributed by atoms with E-state index in [4.69, 9.17) is 4.42 Å². The first kappa shape index (κ1) is 10.7. The molecule has 1 fully saturated rings. The summed E-state index contributed by atoms with van der Waals surface area (Å²) in [6, 6.07) is 4.22. The summed E-state index contributed by atoms with van der Waals surface area (Å²) in [5.41, 5.74) is -0.0292. The Hall–Kier alpha value is -0.800. The van der Waals surface area contributed by atoms with Crippen molar-refractivity contribution in [2.75, 3.05) is 6.61 Å². The minimum absolute atomic E-state index is 0.0292. The molecule has 1 aliphatic carbocycles. The second kappa shape index (κ2) is 3.99. The number of nitrogens with one attached hydrogen (secondary N) is 1. The fourth-order valence-electron chi connectivity index (χ4n) is 1.85. The van der Waals surface area contributed by atoms with Crippen molar-refractivity contribution < 1.29 is 9.52 Å². The Morgan fingerprint density at radius 3 is 2.73 bits per heavy atom. The van der Waals surface area contributed by atoms with E-state index in [0.717, 1.165) is 30.8 Å². The lowest BCUT2D eigenvalue weighted by Gasteiger charge is -2.19. The molecular weight excluding hydrogens is 190 g/mol. The van der Waals surface area contributed by atoms with Gasteiger partial charge in [0.1, 0.15) is 11.5 Å². The van der Waals surface area contributed by atoms with Crippen LogP contribution in [0.3, 0.4) is 0 Å². The Bertz CT molecular complexity index is 328. The summed E-state index contributed by atoms with van der Waals surface area (Å²) >= 11 is 0. The maximum atomic E-state index is 9.21. The summed E-state index contributed by atoms with van der Waals surface area (Å²) in [7, 11) is 0. The van der Waals surface area contributed by atoms with Crippen LogP contribution in [0.5, 0.6) is 0 Å². The van der Waals surface area contributed by atoms with Crippen molar-refractivity contribution >= 4 is 0 Å². The number of hydrogen-bond donors (Lipinski definition) is 2. The summed E-state index contributed by atoms with van der Waals surface area (Å²) in [6.07, 6.45) is 3.06. The van der Waals surface area contributed by atoms with Crippen LogP contribution in [0.25, 0.3) is 0 Å². The monoisotopic (exact) mass is 209 g/mol. The van der Waals surface area contributed by atoms with E-state index in [2.05, 4.69) is 19.2 Å². The predicted octanol–water partition coefficient (Wildman–Crippen LogP) is 2.02. The van der Waals surface area contributed by atoms with Crippen LogP contribution >= 0.6 is 0 Å². The van der Waals surface area contributed by atoms with Gasteiger partial charge in [-0.3, -0.25) is 5.32 Å². The second-order valence-electron chi connectivity index (χ2n) is 4.46. The fourth-order valence-corrected chi connectivity index (χ4v) is 1.85. The highest BCUT2D eigenvalue weighted by Crippen LogP contribution is 2.37. The third kappa shape index (κ3) is 2.24. The molecule has 1 aromatic heterocycles. The SMILES string of the molecule is CCc1ccc(C(C)NC2(CO)CC2)o1. The van der Waals surface area contributed by atoms with Crippen molar-refractivity contribution in [1.82, 2.24) is 5.32 Å². The van der Waals surface area contributed by atoms with E-state index in [9.17, 15) is 5.11 Å². The van der Waals surface area contributed by atoms with Gasteiger partial charge in [-0.05, 0) is 31.9 Å². The molecule has 1 heterocycles. The lowest BCUT2D eigenvalue weighted by Crippen LogP contribution is -2.36. The fraction of sp³-hybridized carbons (Fsp3) is 0.667. The molecule has 1 unspecified atom stereocenters. The number of hydrogen-bond acceptors (Lipinski definition) is 3. The molecule has 1 aromatic rings. The van der Waals surface area contributed by atoms with Crippen molar-refractivity contribution in [1.29, 1.82) is 0 Å². The molecule has 1 atom stereocenters. The van der Waals surface area contributed by atoms with Gasteiger partial charge in [0.05, 0.1) is 12.6 Å². The topological polar surface area (TPSA) is 45.4 Å². The molecule has 0 aliphatic heterocycles. The van der Waals surface area contributed by atoms with Gasteiger partial charge in [0, 0.05) is 12.0 Å². The van der Waals surface area contributed by atoms with Crippen LogP contribution in [0, 0.1) is 0 Å². The number of rotatable bonds is 5. The van der Waals surface area contributed by atoms with Crippen molar-refractivity contribution in [3.8, 4) is 0 Å². The first-order chi connectivity index (χ1) is 7.19. The van der Waals surface area contributed by atoms with Crippen LogP contribution in [-0.4, -0.2) is 17.3 Å². The van der Waals surface area contributed by atoms with Crippen LogP contribution < -0.4 is 5.32 Å². The molecule has 0 saturated heterocycles. The Balaban J connectivity index is 1.98. The van der Waals surface area contributed by atoms with Crippen LogP contribution in [-0.2, 0) is 6.42 Å². The number of aliphatic hydroxyl groups is 1. The Kier molecular flexibility index (Phi) is 2.85. The summed E-state index contributed by atoms with van der Waals surface area (Å²) < 4.78 is 5.67. The van der Waals surface area contributed by atoms with E-state index in [1.54, 1.807) is 0 Å². The van der Waals surface area contributed by atoms with Gasteiger partial charge in [-0.2, -0.15) is 0 Å². The number of furan rings is 1. The summed E-state index contributed by atoms with van der Waals surface area (Å²) in [4.78, 5) is 0. The van der Waals surface area contributed by atoms with Crippen LogP contribution in [0.15, 0.2) is 16.5 Å². The van der Waals surface area contributed by atoms with Gasteiger partial charge in [0.25, 0.3) is 0 Å². The highest BCUT2D eigenvalue weighted by atomic mass is 16.3. The summed E-state index contributed by atoms with van der Waals surface area (Å²) in [5.74, 6) is 1.99. The average Bonchev–Trinajstić information content (AvgIpc) is 2.85. The van der Waals surface area contributed by atoms with Gasteiger partial charge >= 0.3 is 0 Å². The molecule has 2 N–H and O–H groups in total. The van der Waals surface area contributed by atoms with Gasteiger partial charge in [0.15, 0.2) is 0 Å². The lowest BCUT2D eigenvalue weighted by atomic mass is 10.2. The van der Waals surface area contributed by atoms with Gasteiger partial charge in [-0.1, -0.05) is 6.92 Å². The minimum atomic E-state index is -0.0292. The average molecular weight is 209 g/mol. The standard InChI is InChI=1S/C12H19NO2/c1-3-10-4-5-11(15-10)9(2)13-12(8-14)6-7-12/h4-5,9,13-14H,3,6-8H2,1-2H3. The van der Waals surface area contributed by atoms with Gasteiger partial charge in [-0.15, -0.1) is 0 Å². The van der Waals surface area contributed by atoms with Gasteiger partial charge in [-0.25, -0.2) is 0 Å². The van der Waals surface area contributed by atoms with Crippen molar-refractivity contribution in [3.63, 3.8) is 0 Å². The largest absolute Gasteiger partial charge is 0.464 e. The zero-order valence-corrected chi connectivity index (χ0v) is 9.42. The van der Waals surface area contributed by atoms with Crippen LogP contribution in [0.1, 0.15) is 44.3 Å². The predicted molar refractivity (Wildman–Crippen MR) is 58.7 cm³/mol. The van der Waals surface area contributed by atoms with E-state index in [0.29, 0.717) is 0 Å². The van der Waals surface area contributed by atoms with E-state index in [-0.39, 0.29) is 18.2 Å². The molecule has 0 bridgehead atoms. The molecule has 3 nitrogen and oxygen atoms in total. The zero-order chi connectivity index (χ0) is 10.9. The Labute approximate surface area is 90.5 Å². The van der Waals surface area contributed by atoms with E-state index in [1.165, 1.54) is 0 Å². The molecule has 0 aromatic carbocycles. The van der Waals surface area contributed by atoms with Crippen LogP contribution in [0.4, 0.5) is 0 Å². The molecule has 3 heteroatoms. The molecule has 0 spiro atoms. The summed E-state index contributed by atoms with van der Waals surface area (Å²) in [6.45, 7) is 4.38. The minimum Gasteiger partial charge on any atom is -0.464 e. The van der Waals surface area contributed by atoms with Crippen molar-refractivity contribution in [2.24, 2.45) is 0 Å². The Morgan fingerprint density at radius 1 is 1.53 bits per heavy atom. The third-order valence-corrected chi connectivity index (χ3v) is 3.14. The maximum Gasteiger partial charge on any atom is 0.120 e. The third-order valence-electron chi connectivity index (χ3n) is 3.14. The maximum absolute atomic E-state index is 9.21. The van der Waals surface area contributed by atoms with E-state index < -0.39 is 0 Å². The number of aliphatic hydroxyl groups excluding tert-OH is 1. The van der Waals surface area contributed by atoms with Crippen LogP contribution in [0.2, 0.25) is 0 Å². The molecule has 2 rings (SSSR count). The van der Waals surface area contributed by atoms with E-state index >= 15 is 0 Å². The normalized spacial score (nSPS) is 20.2. The lowest BCUT2D eigenvalue weighted by molar-refractivity contribution is 0.215. The highest BCUT2D eigenvalue weighted by Gasteiger charge is 2.43. The van der Waals surface area contributed by atoms with E-state index in [1.807, 2.05) is 12.1 Å². The Morgan fingerprint density at radius 2 is 2.27 bits per heavy atom. The molecule has 15 heavy (non-hydrogen) atoms. The van der Waals surface area contributed by atoms with Crippen molar-refractivity contribution in [2.45, 2.75) is 44.7 Å². The zero-order valence-electron chi connectivity index (χ0n) is 9.42. The van der Waals surface area contributed by atoms with Crippen molar-refractivity contribution in [3.05, 3.63) is 23.7 Å². The first-order valence-corrected chi connectivity index (χ1v) is 5.66. The van der Waals surface area contributed by atoms with Gasteiger partial charge in [0.2, 0.25) is 0 Å². The highest BCUT2D eigenvalue weighted by molar-refractivity contribution is 5.13. The molecule has 0 radical (unpaired) electrons. The first-order valence-electron chi connectivity index (χ1n) is 5.66. The molecule has 0 amide bonds. The number of aryl methyl sites for hydroxylation is 1. The molecule has 84 valence electrons. The summed E-state index contributed by atoms with van der Waals surface area (Å²) in [5, 5.41) is 12.6. The quantitative estimate of drug-likeness (QED) is 0.779. The molecule has 1 saturated carbocycles. The second-order valence-corrected chi connectivity index (χ2v) is 4.46. The molecular formula is C12H19NO2.